The highest BCUT2D eigenvalue weighted by Gasteiger charge is 2.29. The summed E-state index contributed by atoms with van der Waals surface area (Å²) in [5, 5.41) is 12.5. The zero-order chi connectivity index (χ0) is 26.3. The third-order valence-corrected chi connectivity index (χ3v) is 6.49. The van der Waals surface area contributed by atoms with E-state index < -0.39 is 29.3 Å². The first-order valence-electron chi connectivity index (χ1n) is 11.5. The molecule has 2 aliphatic heterocycles. The largest absolute Gasteiger partial charge is 0.378 e. The van der Waals surface area contributed by atoms with E-state index in [1.807, 2.05) is 37.3 Å². The zero-order valence-electron chi connectivity index (χ0n) is 20.0. The number of carbonyl (C=O) groups excluding carboxylic acids is 2. The van der Waals surface area contributed by atoms with Crippen LogP contribution in [-0.4, -0.2) is 16.8 Å². The Balaban J connectivity index is 1.45. The number of pyridine rings is 1. The number of benzene rings is 2. The number of carbonyl (C=O) groups is 2. The molecular formula is C27H24F2N6O2. The fourth-order valence-electron chi connectivity index (χ4n) is 4.38. The van der Waals surface area contributed by atoms with Gasteiger partial charge in [-0.25, -0.2) is 0 Å². The SMILES string of the molecule is CC(C(N)=O)C1=CC(C)(c2ccc3c(c2)NC(=O)c2ccc(Nc4cc(F)nc(F)c4)cc2N3)NC=C1. The van der Waals surface area contributed by atoms with Crippen LogP contribution in [0.5, 0.6) is 0 Å². The molecule has 0 fully saturated rings. The third-order valence-electron chi connectivity index (χ3n) is 6.49. The number of hydrogen-bond acceptors (Lipinski definition) is 6. The topological polar surface area (TPSA) is 121 Å². The van der Waals surface area contributed by atoms with E-state index in [0.717, 1.165) is 23.3 Å². The molecule has 2 aliphatic rings. The summed E-state index contributed by atoms with van der Waals surface area (Å²) < 4.78 is 27.0. The third kappa shape index (κ3) is 4.73. The van der Waals surface area contributed by atoms with Crippen LogP contribution in [0.1, 0.15) is 29.8 Å². The van der Waals surface area contributed by atoms with Gasteiger partial charge in [-0.2, -0.15) is 13.8 Å². The standard InChI is InChI=1S/C27H24F2N6O2/c1-14(25(30)36)15-7-8-31-27(2,13-15)16-3-6-20-22(9-16)34-26(37)19-5-4-17(10-21(19)33-20)32-18-11-23(28)35-24(29)12-18/h3-14,31,33H,1-2H3,(H2,30,36)(H,32,35)(H,34,37). The van der Waals surface area contributed by atoms with Crippen molar-refractivity contribution in [2.45, 2.75) is 19.4 Å². The minimum absolute atomic E-state index is 0.188. The van der Waals surface area contributed by atoms with Crippen molar-refractivity contribution in [2.75, 3.05) is 16.0 Å². The summed E-state index contributed by atoms with van der Waals surface area (Å²) in [6.07, 6.45) is 5.55. The van der Waals surface area contributed by atoms with E-state index in [1.165, 1.54) is 0 Å². The molecular weight excluding hydrogens is 478 g/mol. The summed E-state index contributed by atoms with van der Waals surface area (Å²) in [6, 6.07) is 12.7. The van der Waals surface area contributed by atoms with Gasteiger partial charge in [0.15, 0.2) is 0 Å². The summed E-state index contributed by atoms with van der Waals surface area (Å²) in [7, 11) is 0. The number of anilines is 5. The lowest BCUT2D eigenvalue weighted by atomic mass is 9.84. The van der Waals surface area contributed by atoms with Gasteiger partial charge in [-0.05, 0) is 67.6 Å². The van der Waals surface area contributed by atoms with Gasteiger partial charge in [0.25, 0.3) is 5.91 Å². The average Bonchev–Trinajstić information content (AvgIpc) is 2.97. The molecule has 37 heavy (non-hydrogen) atoms. The van der Waals surface area contributed by atoms with Gasteiger partial charge < -0.3 is 27.0 Å². The van der Waals surface area contributed by atoms with Crippen molar-refractivity contribution in [3.63, 3.8) is 0 Å². The second-order valence-electron chi connectivity index (χ2n) is 9.17. The minimum atomic E-state index is -0.942. The fourth-order valence-corrected chi connectivity index (χ4v) is 4.38. The number of halogens is 2. The molecule has 2 amide bonds. The maximum absolute atomic E-state index is 13.5. The summed E-state index contributed by atoms with van der Waals surface area (Å²) in [4.78, 5) is 27.8. The lowest BCUT2D eigenvalue weighted by Crippen LogP contribution is -2.37. The average molecular weight is 503 g/mol. The molecule has 0 saturated heterocycles. The number of amides is 2. The number of allylic oxidation sites excluding steroid dienone is 1. The van der Waals surface area contributed by atoms with Crippen molar-refractivity contribution in [1.82, 2.24) is 10.3 Å². The Morgan fingerprint density at radius 1 is 1.00 bits per heavy atom. The summed E-state index contributed by atoms with van der Waals surface area (Å²) in [6.45, 7) is 3.72. The van der Waals surface area contributed by atoms with Crippen molar-refractivity contribution < 1.29 is 18.4 Å². The number of aromatic nitrogens is 1. The van der Waals surface area contributed by atoms with Crippen LogP contribution in [0.2, 0.25) is 0 Å². The highest BCUT2D eigenvalue weighted by Crippen LogP contribution is 2.38. The summed E-state index contributed by atoms with van der Waals surface area (Å²) >= 11 is 0. The summed E-state index contributed by atoms with van der Waals surface area (Å²) in [5.41, 5.74) is 9.39. The molecule has 0 bridgehead atoms. The van der Waals surface area contributed by atoms with Crippen LogP contribution in [0.3, 0.4) is 0 Å². The lowest BCUT2D eigenvalue weighted by Gasteiger charge is -2.32. The highest BCUT2D eigenvalue weighted by molar-refractivity contribution is 6.12. The number of primary amides is 1. The van der Waals surface area contributed by atoms with Gasteiger partial charge >= 0.3 is 0 Å². The van der Waals surface area contributed by atoms with Crippen molar-refractivity contribution in [1.29, 1.82) is 0 Å². The first kappa shape index (κ1) is 24.0. The maximum atomic E-state index is 13.5. The van der Waals surface area contributed by atoms with Crippen molar-refractivity contribution in [3.05, 3.63) is 95.5 Å². The molecule has 10 heteroatoms. The van der Waals surface area contributed by atoms with Crippen LogP contribution in [0.4, 0.5) is 37.2 Å². The number of nitrogens with zero attached hydrogens (tertiary/aromatic N) is 1. The molecule has 188 valence electrons. The molecule has 5 rings (SSSR count). The zero-order valence-corrected chi connectivity index (χ0v) is 20.0. The van der Waals surface area contributed by atoms with Crippen LogP contribution < -0.4 is 27.0 Å². The molecule has 0 saturated carbocycles. The van der Waals surface area contributed by atoms with Crippen LogP contribution >= 0.6 is 0 Å². The number of dihydropyridines is 1. The van der Waals surface area contributed by atoms with Crippen molar-refractivity contribution in [2.24, 2.45) is 11.7 Å². The molecule has 6 N–H and O–H groups in total. The molecule has 0 spiro atoms. The van der Waals surface area contributed by atoms with Gasteiger partial charge in [-0.3, -0.25) is 9.59 Å². The minimum Gasteiger partial charge on any atom is -0.378 e. The van der Waals surface area contributed by atoms with E-state index in [1.54, 1.807) is 31.3 Å². The van der Waals surface area contributed by atoms with Crippen LogP contribution in [-0.2, 0) is 10.3 Å². The predicted molar refractivity (Wildman–Crippen MR) is 138 cm³/mol. The van der Waals surface area contributed by atoms with Gasteiger partial charge in [-0.15, -0.1) is 0 Å². The second-order valence-corrected chi connectivity index (χ2v) is 9.17. The molecule has 8 nitrogen and oxygen atoms in total. The number of nitrogens with one attached hydrogen (secondary N) is 4. The Morgan fingerprint density at radius 2 is 1.76 bits per heavy atom. The van der Waals surface area contributed by atoms with Gasteiger partial charge in [0.05, 0.1) is 34.1 Å². The molecule has 0 aliphatic carbocycles. The lowest BCUT2D eigenvalue weighted by molar-refractivity contribution is -0.120. The molecule has 3 aromatic rings. The van der Waals surface area contributed by atoms with Gasteiger partial charge in [-0.1, -0.05) is 12.1 Å². The molecule has 1 aromatic heterocycles. The molecule has 2 aromatic carbocycles. The van der Waals surface area contributed by atoms with Crippen molar-refractivity contribution in [3.8, 4) is 0 Å². The Morgan fingerprint density at radius 3 is 2.49 bits per heavy atom. The summed E-state index contributed by atoms with van der Waals surface area (Å²) in [5.74, 6) is -3.06. The Hall–Kier alpha value is -4.73. The smallest absolute Gasteiger partial charge is 0.257 e. The first-order valence-corrected chi connectivity index (χ1v) is 11.5. The quantitative estimate of drug-likeness (QED) is 0.320. The normalized spacial score (nSPS) is 18.7. The van der Waals surface area contributed by atoms with Crippen LogP contribution in [0, 0.1) is 17.8 Å². The fraction of sp³-hybridized carbons (Fsp3) is 0.148. The van der Waals surface area contributed by atoms with Gasteiger partial charge in [0.2, 0.25) is 17.8 Å². The van der Waals surface area contributed by atoms with Gasteiger partial charge in [0.1, 0.15) is 0 Å². The first-order chi connectivity index (χ1) is 17.6. The monoisotopic (exact) mass is 502 g/mol. The van der Waals surface area contributed by atoms with Crippen LogP contribution in [0.25, 0.3) is 0 Å². The van der Waals surface area contributed by atoms with E-state index in [4.69, 9.17) is 5.73 Å². The second kappa shape index (κ2) is 9.05. The Bertz CT molecular complexity index is 1480. The molecule has 2 atom stereocenters. The van der Waals surface area contributed by atoms with Crippen molar-refractivity contribution >= 4 is 40.3 Å². The Kier molecular flexibility index (Phi) is 5.87. The van der Waals surface area contributed by atoms with E-state index in [9.17, 15) is 18.4 Å². The number of fused-ring (bicyclic) bond motifs is 2. The van der Waals surface area contributed by atoms with E-state index in [2.05, 4.69) is 26.3 Å². The molecule has 0 radical (unpaired) electrons. The number of rotatable bonds is 5. The Labute approximate surface area is 211 Å². The highest BCUT2D eigenvalue weighted by atomic mass is 19.1. The van der Waals surface area contributed by atoms with E-state index >= 15 is 0 Å². The van der Waals surface area contributed by atoms with Crippen LogP contribution in [0.15, 0.2) is 72.5 Å². The van der Waals surface area contributed by atoms with E-state index in [-0.39, 0.29) is 11.6 Å². The molecule has 2 unspecified atom stereocenters. The predicted octanol–water partition coefficient (Wildman–Crippen LogP) is 4.79. The number of nitrogens with two attached hydrogens (primary N) is 1. The van der Waals surface area contributed by atoms with Gasteiger partial charge in [0, 0.05) is 23.5 Å². The molecule has 3 heterocycles. The van der Waals surface area contributed by atoms with E-state index in [0.29, 0.717) is 28.3 Å². The maximum Gasteiger partial charge on any atom is 0.257 e. The number of hydrogen-bond donors (Lipinski definition) is 5.